The minimum Gasteiger partial charge on any atom is -0.358 e. The average molecular weight is 208 g/mol. The molecule has 3 nitrogen and oxygen atoms in total. The van der Waals surface area contributed by atoms with Crippen molar-refractivity contribution in [3.8, 4) is 0 Å². The first kappa shape index (κ1) is 8.41. The highest BCUT2D eigenvalue weighted by Crippen LogP contribution is 2.45. The lowest BCUT2D eigenvalue weighted by molar-refractivity contribution is -0.133. The van der Waals surface area contributed by atoms with Crippen LogP contribution in [0.15, 0.2) is 12.2 Å². The third kappa shape index (κ3) is 0.869. The summed E-state index contributed by atoms with van der Waals surface area (Å²) in [5.74, 6) is 1.27. The predicted octanol–water partition coefficient (Wildman–Crippen LogP) is 0.524. The fourth-order valence-corrected chi connectivity index (χ4v) is 3.14. The molecule has 1 aliphatic heterocycles. The van der Waals surface area contributed by atoms with Crippen molar-refractivity contribution >= 4 is 23.2 Å². The van der Waals surface area contributed by atoms with Crippen LogP contribution >= 0.6 is 12.2 Å². The van der Waals surface area contributed by atoms with E-state index in [1.807, 2.05) is 0 Å². The number of fused-ring (bicyclic) bond motifs is 5. The summed E-state index contributed by atoms with van der Waals surface area (Å²) < 4.78 is 0. The summed E-state index contributed by atoms with van der Waals surface area (Å²) in [6.07, 6.45) is 5.53. The molecule has 74 valence electrons. The van der Waals surface area contributed by atoms with Gasteiger partial charge in [-0.3, -0.25) is 9.69 Å². The number of amides is 1. The molecule has 1 amide bonds. The molecule has 0 spiro atoms. The largest absolute Gasteiger partial charge is 0.358 e. The van der Waals surface area contributed by atoms with Crippen LogP contribution in [0.2, 0.25) is 0 Å². The normalized spacial score (nSPS) is 44.2. The van der Waals surface area contributed by atoms with Crippen LogP contribution < -0.4 is 5.32 Å². The highest BCUT2D eigenvalue weighted by molar-refractivity contribution is 7.80. The van der Waals surface area contributed by atoms with E-state index in [-0.39, 0.29) is 17.9 Å². The first-order valence-electron chi connectivity index (χ1n) is 4.95. The van der Waals surface area contributed by atoms with Crippen molar-refractivity contribution in [3.05, 3.63) is 12.2 Å². The van der Waals surface area contributed by atoms with E-state index in [2.05, 4.69) is 17.5 Å². The second-order valence-corrected chi connectivity index (χ2v) is 4.73. The van der Waals surface area contributed by atoms with Gasteiger partial charge in [0.15, 0.2) is 5.11 Å². The Balaban J connectivity index is 1.99. The molecule has 0 radical (unpaired) electrons. The fourth-order valence-electron chi connectivity index (χ4n) is 2.92. The molecule has 3 rings (SSSR count). The van der Waals surface area contributed by atoms with Crippen molar-refractivity contribution in [3.63, 3.8) is 0 Å². The molecular formula is C10H12N2OS. The molecule has 1 saturated carbocycles. The first-order chi connectivity index (χ1) is 6.68. The SMILES string of the molecule is CN1C(=O)[C@H]2[C@@H](NC1=S)[C@H]1C=C[C@@H]2C1. The quantitative estimate of drug-likeness (QED) is 0.465. The number of allylic oxidation sites excluding steroid dienone is 1. The summed E-state index contributed by atoms with van der Waals surface area (Å²) in [7, 11) is 1.75. The van der Waals surface area contributed by atoms with Gasteiger partial charge in [-0.25, -0.2) is 0 Å². The first-order valence-corrected chi connectivity index (χ1v) is 5.35. The van der Waals surface area contributed by atoms with Crippen LogP contribution in [0.1, 0.15) is 6.42 Å². The van der Waals surface area contributed by atoms with E-state index < -0.39 is 0 Å². The van der Waals surface area contributed by atoms with Crippen molar-refractivity contribution in [2.75, 3.05) is 7.05 Å². The predicted molar refractivity (Wildman–Crippen MR) is 56.5 cm³/mol. The Morgan fingerprint density at radius 2 is 2.21 bits per heavy atom. The molecule has 4 atom stereocenters. The summed E-state index contributed by atoms with van der Waals surface area (Å²) in [5.41, 5.74) is 0. The maximum atomic E-state index is 12.0. The number of carbonyl (C=O) groups is 1. The zero-order chi connectivity index (χ0) is 9.87. The van der Waals surface area contributed by atoms with Gasteiger partial charge in [0.05, 0.1) is 5.92 Å². The third-order valence-electron chi connectivity index (χ3n) is 3.67. The minimum absolute atomic E-state index is 0.127. The smallest absolute Gasteiger partial charge is 0.234 e. The summed E-state index contributed by atoms with van der Waals surface area (Å²) in [4.78, 5) is 13.5. The van der Waals surface area contributed by atoms with Crippen LogP contribution in [0.5, 0.6) is 0 Å². The highest BCUT2D eigenvalue weighted by Gasteiger charge is 2.52. The van der Waals surface area contributed by atoms with Crippen molar-refractivity contribution in [2.24, 2.45) is 17.8 Å². The Kier molecular flexibility index (Phi) is 1.54. The standard InChI is InChI=1S/C10H12N2OS/c1-12-9(13)7-5-2-3-6(4-5)8(7)11-10(12)14/h2-3,5-8H,4H2,1H3,(H,11,14)/t5-,6+,7-,8+/m1/s1. The number of nitrogens with zero attached hydrogens (tertiary/aromatic N) is 1. The molecule has 3 aliphatic rings. The van der Waals surface area contributed by atoms with Crippen molar-refractivity contribution in [1.82, 2.24) is 10.2 Å². The lowest BCUT2D eigenvalue weighted by Crippen LogP contribution is -2.59. The van der Waals surface area contributed by atoms with Gasteiger partial charge in [0.2, 0.25) is 5.91 Å². The number of hydrogen-bond donors (Lipinski definition) is 1. The Morgan fingerprint density at radius 3 is 3.00 bits per heavy atom. The summed E-state index contributed by atoms with van der Waals surface area (Å²) in [5, 5.41) is 3.86. The van der Waals surface area contributed by atoms with Gasteiger partial charge in [-0.1, -0.05) is 12.2 Å². The molecule has 1 N–H and O–H groups in total. The monoisotopic (exact) mass is 208 g/mol. The molecule has 0 unspecified atom stereocenters. The zero-order valence-corrected chi connectivity index (χ0v) is 8.75. The van der Waals surface area contributed by atoms with Crippen LogP contribution in [0, 0.1) is 17.8 Å². The Labute approximate surface area is 88.1 Å². The Hall–Kier alpha value is -0.900. The molecule has 2 bridgehead atoms. The van der Waals surface area contributed by atoms with E-state index in [0.29, 0.717) is 16.9 Å². The topological polar surface area (TPSA) is 32.3 Å². The second kappa shape index (κ2) is 2.57. The Bertz CT molecular complexity index is 352. The van der Waals surface area contributed by atoms with Gasteiger partial charge in [-0.15, -0.1) is 0 Å². The summed E-state index contributed by atoms with van der Waals surface area (Å²) >= 11 is 5.12. The van der Waals surface area contributed by atoms with Gasteiger partial charge in [-0.2, -0.15) is 0 Å². The number of nitrogens with one attached hydrogen (secondary N) is 1. The number of carbonyl (C=O) groups excluding carboxylic acids is 1. The van der Waals surface area contributed by atoms with Gasteiger partial charge in [-0.05, 0) is 30.5 Å². The fraction of sp³-hybridized carbons (Fsp3) is 0.600. The van der Waals surface area contributed by atoms with Crippen LogP contribution in [-0.2, 0) is 4.79 Å². The van der Waals surface area contributed by atoms with Gasteiger partial charge in [0.25, 0.3) is 0 Å². The van der Waals surface area contributed by atoms with E-state index in [9.17, 15) is 4.79 Å². The average Bonchev–Trinajstić information content (AvgIpc) is 2.74. The van der Waals surface area contributed by atoms with Crippen molar-refractivity contribution in [1.29, 1.82) is 0 Å². The molecule has 1 saturated heterocycles. The maximum Gasteiger partial charge on any atom is 0.234 e. The molecule has 0 aromatic rings. The lowest BCUT2D eigenvalue weighted by Gasteiger charge is -2.38. The van der Waals surface area contributed by atoms with E-state index in [4.69, 9.17) is 12.2 Å². The van der Waals surface area contributed by atoms with Crippen molar-refractivity contribution < 1.29 is 4.79 Å². The number of thiocarbonyl (C=S) groups is 1. The number of hydrogen-bond acceptors (Lipinski definition) is 2. The van der Waals surface area contributed by atoms with Crippen LogP contribution in [-0.4, -0.2) is 29.0 Å². The van der Waals surface area contributed by atoms with Crippen LogP contribution in [0.4, 0.5) is 0 Å². The molecular weight excluding hydrogens is 196 g/mol. The van der Waals surface area contributed by atoms with Crippen LogP contribution in [0.25, 0.3) is 0 Å². The molecule has 14 heavy (non-hydrogen) atoms. The summed E-state index contributed by atoms with van der Waals surface area (Å²) in [6.45, 7) is 0. The van der Waals surface area contributed by atoms with Gasteiger partial charge in [0.1, 0.15) is 0 Å². The molecule has 0 aromatic heterocycles. The third-order valence-corrected chi connectivity index (χ3v) is 4.06. The van der Waals surface area contributed by atoms with Crippen molar-refractivity contribution in [2.45, 2.75) is 12.5 Å². The zero-order valence-electron chi connectivity index (χ0n) is 7.93. The van der Waals surface area contributed by atoms with E-state index in [0.717, 1.165) is 6.42 Å². The van der Waals surface area contributed by atoms with E-state index in [1.54, 1.807) is 11.9 Å². The molecule has 0 aromatic carbocycles. The van der Waals surface area contributed by atoms with Crippen LogP contribution in [0.3, 0.4) is 0 Å². The van der Waals surface area contributed by atoms with Gasteiger partial charge < -0.3 is 5.32 Å². The Morgan fingerprint density at radius 1 is 1.50 bits per heavy atom. The summed E-state index contributed by atoms with van der Waals surface area (Å²) in [6, 6.07) is 0.265. The maximum absolute atomic E-state index is 12.0. The molecule has 2 aliphatic carbocycles. The minimum atomic E-state index is 0.127. The van der Waals surface area contributed by atoms with E-state index in [1.165, 1.54) is 0 Å². The molecule has 4 heteroatoms. The van der Waals surface area contributed by atoms with Gasteiger partial charge >= 0.3 is 0 Å². The van der Waals surface area contributed by atoms with Gasteiger partial charge in [0, 0.05) is 13.1 Å². The lowest BCUT2D eigenvalue weighted by atomic mass is 9.86. The number of rotatable bonds is 0. The van der Waals surface area contributed by atoms with E-state index >= 15 is 0 Å². The highest BCUT2D eigenvalue weighted by atomic mass is 32.1. The second-order valence-electron chi connectivity index (χ2n) is 4.35. The molecule has 1 heterocycles. The molecule has 2 fully saturated rings.